The summed E-state index contributed by atoms with van der Waals surface area (Å²) in [6.45, 7) is 8.91. The summed E-state index contributed by atoms with van der Waals surface area (Å²) in [5.41, 5.74) is 10.5. The molecule has 0 atom stereocenters. The summed E-state index contributed by atoms with van der Waals surface area (Å²) < 4.78 is 43.0. The molecule has 0 saturated carbocycles. The Morgan fingerprint density at radius 2 is 1.58 bits per heavy atom. The third-order valence-corrected chi connectivity index (χ3v) is 8.59. The summed E-state index contributed by atoms with van der Waals surface area (Å²) in [6.07, 6.45) is 3.19. The molecule has 8 rings (SSSR count). The molecule has 1 radical (unpaired) electrons. The van der Waals surface area contributed by atoms with E-state index in [1.807, 2.05) is 30.5 Å². The van der Waals surface area contributed by atoms with Crippen molar-refractivity contribution in [3.05, 3.63) is 144 Å². The maximum absolute atomic E-state index is 12.7. The molecule has 4 heterocycles. The number of rotatable bonds is 5. The van der Waals surface area contributed by atoms with E-state index in [0.717, 1.165) is 50.1 Å². The summed E-state index contributed by atoms with van der Waals surface area (Å²) in [5, 5.41) is 2.16. The van der Waals surface area contributed by atoms with Gasteiger partial charge in [0.25, 0.3) is 0 Å². The van der Waals surface area contributed by atoms with Gasteiger partial charge in [0.2, 0.25) is 0 Å². The molecule has 4 aromatic heterocycles. The molecule has 253 valence electrons. The van der Waals surface area contributed by atoms with E-state index >= 15 is 0 Å². The van der Waals surface area contributed by atoms with E-state index in [9.17, 15) is 4.39 Å². The van der Waals surface area contributed by atoms with Crippen LogP contribution in [0.15, 0.2) is 108 Å². The van der Waals surface area contributed by atoms with Crippen molar-refractivity contribution in [1.29, 1.82) is 0 Å². The minimum absolute atomic E-state index is 0. The summed E-state index contributed by atoms with van der Waals surface area (Å²) in [6, 6.07) is 34.4. The van der Waals surface area contributed by atoms with Crippen molar-refractivity contribution in [3.63, 3.8) is 0 Å². The van der Waals surface area contributed by atoms with Crippen molar-refractivity contribution in [2.75, 3.05) is 0 Å². The molecule has 0 unspecified atom stereocenters. The molecular weight excluding hydrogens is 800 g/mol. The smallest absolute Gasteiger partial charge is 0.168 e. The molecular formula is C43H37FIrN4O-2. The van der Waals surface area contributed by atoms with Crippen molar-refractivity contribution in [3.8, 4) is 28.3 Å². The molecule has 4 aromatic carbocycles. The van der Waals surface area contributed by atoms with Gasteiger partial charge in [-0.1, -0.05) is 87.2 Å². The van der Waals surface area contributed by atoms with Crippen molar-refractivity contribution in [2.45, 2.75) is 53.3 Å². The Morgan fingerprint density at radius 1 is 0.820 bits per heavy atom. The SMILES string of the molecule is Cc1cnc2nc(-c3[c-]ccc4c3oc3ccccc34)n(-c3c(C(C)C)cccc3C(C)C)c2c1.[2H]C([2H])([2H])c1ccc(-c2[c-]cc(F)cc2)nc1.[Ir]. The van der Waals surface area contributed by atoms with Gasteiger partial charge >= 0.3 is 0 Å². The molecule has 50 heavy (non-hydrogen) atoms. The number of hydrogen-bond donors (Lipinski definition) is 0. The zero-order valence-corrected chi connectivity index (χ0v) is 30.8. The van der Waals surface area contributed by atoms with Gasteiger partial charge in [-0.05, 0) is 65.7 Å². The van der Waals surface area contributed by atoms with Crippen molar-refractivity contribution < 1.29 is 33.0 Å². The van der Waals surface area contributed by atoms with Gasteiger partial charge in [0, 0.05) is 53.5 Å². The second-order valence-electron chi connectivity index (χ2n) is 12.8. The predicted octanol–water partition coefficient (Wildman–Crippen LogP) is 11.3. The number of benzene rings is 4. The number of pyridine rings is 2. The van der Waals surface area contributed by atoms with Gasteiger partial charge in [-0.15, -0.1) is 48.0 Å². The minimum atomic E-state index is -2.15. The molecule has 0 aliphatic heterocycles. The molecule has 0 amide bonds. The number of halogens is 1. The quantitative estimate of drug-likeness (QED) is 0.162. The predicted molar refractivity (Wildman–Crippen MR) is 197 cm³/mol. The maximum atomic E-state index is 12.7. The fraction of sp³-hybridized carbons (Fsp3) is 0.186. The number of aryl methyl sites for hydroxylation is 2. The first-order valence-corrected chi connectivity index (χ1v) is 16.4. The van der Waals surface area contributed by atoms with Crippen LogP contribution in [0, 0.1) is 31.7 Å². The second-order valence-corrected chi connectivity index (χ2v) is 12.8. The Balaban J connectivity index is 0.000000226. The molecule has 0 fully saturated rings. The van der Waals surface area contributed by atoms with Gasteiger partial charge in [0.05, 0.1) is 16.9 Å². The van der Waals surface area contributed by atoms with Crippen molar-refractivity contribution >= 4 is 33.1 Å². The standard InChI is InChI=1S/C31H28N3O.C12H9FN.Ir/c1-18(2)21-11-8-12-22(19(3)4)28(21)34-26-16-20(5)17-32-30(26)33-31(34)25-14-9-13-24-23-10-6-7-15-27(23)35-29(24)25;1-9-2-7-12(14-8-9)10-3-5-11(13)6-4-10;/h6-13,15-19H,1-5H3;2-3,5-8H,1H3;/q2*-1;/i;1D3;. The molecule has 0 bridgehead atoms. The number of fused-ring (bicyclic) bond motifs is 4. The molecule has 0 N–H and O–H groups in total. The number of imidazole rings is 1. The fourth-order valence-corrected chi connectivity index (χ4v) is 6.20. The molecule has 0 spiro atoms. The molecule has 0 aliphatic rings. The van der Waals surface area contributed by atoms with Crippen LogP contribution in [0.1, 0.15) is 65.9 Å². The molecule has 8 aromatic rings. The van der Waals surface area contributed by atoms with Crippen LogP contribution >= 0.6 is 0 Å². The van der Waals surface area contributed by atoms with Crippen LogP contribution in [0.3, 0.4) is 0 Å². The van der Waals surface area contributed by atoms with Gasteiger partial charge in [0.15, 0.2) is 5.65 Å². The largest absolute Gasteiger partial charge is 0.501 e. The van der Waals surface area contributed by atoms with Gasteiger partial charge in [0.1, 0.15) is 5.58 Å². The van der Waals surface area contributed by atoms with Gasteiger partial charge in [-0.3, -0.25) is 9.37 Å². The van der Waals surface area contributed by atoms with Crippen LogP contribution in [0.2, 0.25) is 0 Å². The van der Waals surface area contributed by atoms with Crippen molar-refractivity contribution in [2.24, 2.45) is 0 Å². The van der Waals surface area contributed by atoms with Crippen LogP contribution in [0.25, 0.3) is 61.4 Å². The maximum Gasteiger partial charge on any atom is 0.168 e. The summed E-state index contributed by atoms with van der Waals surface area (Å²) >= 11 is 0. The van der Waals surface area contributed by atoms with Gasteiger partial charge < -0.3 is 14.0 Å². The molecule has 0 aliphatic carbocycles. The van der Waals surface area contributed by atoms with Crippen LogP contribution in [0.4, 0.5) is 4.39 Å². The third-order valence-electron chi connectivity index (χ3n) is 8.59. The number of nitrogens with zero attached hydrogens (tertiary/aromatic N) is 4. The van der Waals surface area contributed by atoms with Crippen LogP contribution in [-0.4, -0.2) is 19.5 Å². The van der Waals surface area contributed by atoms with E-state index in [2.05, 4.69) is 92.7 Å². The second kappa shape index (κ2) is 14.5. The van der Waals surface area contributed by atoms with E-state index in [1.54, 1.807) is 12.1 Å². The third kappa shape index (κ3) is 6.64. The Kier molecular flexibility index (Phi) is 8.99. The topological polar surface area (TPSA) is 56.7 Å². The Bertz CT molecular complexity index is 2510. The summed E-state index contributed by atoms with van der Waals surface area (Å²) in [4.78, 5) is 13.8. The van der Waals surface area contributed by atoms with E-state index in [0.29, 0.717) is 23.1 Å². The van der Waals surface area contributed by atoms with E-state index < -0.39 is 6.85 Å². The number of furan rings is 1. The number of aromatic nitrogens is 4. The van der Waals surface area contributed by atoms with Crippen LogP contribution in [0.5, 0.6) is 0 Å². The average molecular weight is 840 g/mol. The van der Waals surface area contributed by atoms with Gasteiger partial charge in [-0.25, -0.2) is 4.98 Å². The zero-order valence-electron chi connectivity index (χ0n) is 31.4. The fourth-order valence-electron chi connectivity index (χ4n) is 6.20. The van der Waals surface area contributed by atoms with Gasteiger partial charge in [-0.2, -0.15) is 0 Å². The normalized spacial score (nSPS) is 12.4. The van der Waals surface area contributed by atoms with Crippen LogP contribution in [-0.2, 0) is 20.1 Å². The Labute approximate surface area is 309 Å². The molecule has 0 saturated heterocycles. The first-order chi connectivity index (χ1) is 24.9. The summed E-state index contributed by atoms with van der Waals surface area (Å²) in [7, 11) is 0. The van der Waals surface area contributed by atoms with Crippen LogP contribution < -0.4 is 0 Å². The number of para-hydroxylation sites is 2. The minimum Gasteiger partial charge on any atom is -0.501 e. The Morgan fingerprint density at radius 3 is 2.26 bits per heavy atom. The first kappa shape index (κ1) is 31.0. The average Bonchev–Trinajstić information content (AvgIpc) is 3.70. The molecule has 7 heteroatoms. The molecule has 5 nitrogen and oxygen atoms in total. The van der Waals surface area contributed by atoms with E-state index in [1.165, 1.54) is 41.2 Å². The van der Waals surface area contributed by atoms with Crippen molar-refractivity contribution in [1.82, 2.24) is 19.5 Å². The number of hydrogen-bond acceptors (Lipinski definition) is 4. The monoisotopic (exact) mass is 840 g/mol. The first-order valence-electron chi connectivity index (χ1n) is 17.9. The summed E-state index contributed by atoms with van der Waals surface area (Å²) in [5.74, 6) is 1.13. The van der Waals surface area contributed by atoms with E-state index in [4.69, 9.17) is 18.5 Å². The zero-order chi connectivity index (χ0) is 36.7. The Hall–Kier alpha value is -4.97. The van der Waals surface area contributed by atoms with E-state index in [-0.39, 0.29) is 31.5 Å².